The predicted molar refractivity (Wildman–Crippen MR) is 87.9 cm³/mol. The van der Waals surface area contributed by atoms with Crippen LogP contribution in [0.1, 0.15) is 37.3 Å². The van der Waals surface area contributed by atoms with Crippen molar-refractivity contribution in [2.24, 2.45) is 5.92 Å². The zero-order valence-electron chi connectivity index (χ0n) is 13.3. The summed E-state index contributed by atoms with van der Waals surface area (Å²) < 4.78 is 6.76. The van der Waals surface area contributed by atoms with Crippen molar-refractivity contribution in [1.82, 2.24) is 9.78 Å². The largest absolute Gasteiger partial charge is 0.455 e. The molecule has 2 aromatic rings. The van der Waals surface area contributed by atoms with Crippen LogP contribution in [0.3, 0.4) is 0 Å². The molecule has 2 saturated carbocycles. The molecule has 2 aliphatic carbocycles. The van der Waals surface area contributed by atoms with E-state index in [1.807, 2.05) is 36.4 Å². The first kappa shape index (κ1) is 14.9. The number of rotatable bonds is 6. The van der Waals surface area contributed by atoms with E-state index in [0.717, 1.165) is 37.1 Å². The first-order valence-corrected chi connectivity index (χ1v) is 8.32. The van der Waals surface area contributed by atoms with E-state index in [0.29, 0.717) is 11.7 Å². The Morgan fingerprint density at radius 3 is 2.58 bits per heavy atom. The first-order valence-electron chi connectivity index (χ1n) is 8.32. The van der Waals surface area contributed by atoms with Gasteiger partial charge in [0.25, 0.3) is 5.91 Å². The molecule has 0 unspecified atom stereocenters. The lowest BCUT2D eigenvalue weighted by atomic mass is 10.3. The molecule has 0 atom stereocenters. The fourth-order valence-corrected chi connectivity index (χ4v) is 2.59. The molecule has 6 nitrogen and oxygen atoms in total. The Labute approximate surface area is 139 Å². The number of carbonyl (C=O) groups excluding carboxylic acids is 2. The summed E-state index contributed by atoms with van der Waals surface area (Å²) in [6.45, 7) is -0.256. The third-order valence-corrected chi connectivity index (χ3v) is 4.25. The van der Waals surface area contributed by atoms with Crippen molar-refractivity contribution in [3.63, 3.8) is 0 Å². The third-order valence-electron chi connectivity index (χ3n) is 4.25. The summed E-state index contributed by atoms with van der Waals surface area (Å²) in [5, 5.41) is 7.43. The Bertz CT molecular complexity index is 761. The van der Waals surface area contributed by atoms with E-state index < -0.39 is 0 Å². The van der Waals surface area contributed by atoms with Crippen LogP contribution in [-0.2, 0) is 14.3 Å². The highest BCUT2D eigenvalue weighted by atomic mass is 16.5. The molecule has 0 radical (unpaired) electrons. The molecule has 1 aromatic heterocycles. The van der Waals surface area contributed by atoms with E-state index in [2.05, 4.69) is 10.4 Å². The highest BCUT2D eigenvalue weighted by molar-refractivity contribution is 5.92. The van der Waals surface area contributed by atoms with Gasteiger partial charge in [-0.3, -0.25) is 9.59 Å². The van der Waals surface area contributed by atoms with Crippen molar-refractivity contribution in [3.05, 3.63) is 42.1 Å². The number of amides is 1. The van der Waals surface area contributed by atoms with Crippen LogP contribution in [-0.4, -0.2) is 28.3 Å². The average molecular weight is 325 g/mol. The van der Waals surface area contributed by atoms with Gasteiger partial charge in [-0.2, -0.15) is 5.10 Å². The third kappa shape index (κ3) is 3.32. The van der Waals surface area contributed by atoms with Crippen LogP contribution in [0, 0.1) is 5.92 Å². The Kier molecular flexibility index (Phi) is 3.80. The molecule has 1 aromatic carbocycles. The van der Waals surface area contributed by atoms with Crippen molar-refractivity contribution in [2.75, 3.05) is 11.9 Å². The van der Waals surface area contributed by atoms with E-state index in [1.54, 1.807) is 4.68 Å². The minimum atomic E-state index is -0.344. The fraction of sp³-hybridized carbons (Fsp3) is 0.389. The number of aromatic nitrogens is 2. The van der Waals surface area contributed by atoms with Crippen LogP contribution in [0.15, 0.2) is 36.4 Å². The number of benzene rings is 1. The van der Waals surface area contributed by atoms with Crippen molar-refractivity contribution >= 4 is 17.7 Å². The van der Waals surface area contributed by atoms with Gasteiger partial charge in [-0.25, -0.2) is 4.68 Å². The van der Waals surface area contributed by atoms with Crippen molar-refractivity contribution in [2.45, 2.75) is 31.6 Å². The summed E-state index contributed by atoms with van der Waals surface area (Å²) in [5.41, 5.74) is 1.87. The van der Waals surface area contributed by atoms with Gasteiger partial charge in [-0.05, 0) is 37.8 Å². The van der Waals surface area contributed by atoms with Crippen molar-refractivity contribution in [1.29, 1.82) is 0 Å². The molecule has 2 aliphatic rings. The molecule has 0 bridgehead atoms. The second-order valence-electron chi connectivity index (χ2n) is 6.41. The quantitative estimate of drug-likeness (QED) is 0.829. The fourth-order valence-electron chi connectivity index (χ4n) is 2.59. The Morgan fingerprint density at radius 2 is 1.92 bits per heavy atom. The van der Waals surface area contributed by atoms with E-state index in [9.17, 15) is 9.59 Å². The highest BCUT2D eigenvalue weighted by Crippen LogP contribution is 2.40. The molecular weight excluding hydrogens is 306 g/mol. The Morgan fingerprint density at radius 1 is 1.17 bits per heavy atom. The van der Waals surface area contributed by atoms with E-state index >= 15 is 0 Å². The van der Waals surface area contributed by atoms with Crippen LogP contribution in [0.4, 0.5) is 5.82 Å². The second kappa shape index (κ2) is 6.11. The number of para-hydroxylation sites is 1. The number of anilines is 1. The smallest absolute Gasteiger partial charge is 0.309 e. The van der Waals surface area contributed by atoms with Gasteiger partial charge >= 0.3 is 5.97 Å². The van der Waals surface area contributed by atoms with Crippen molar-refractivity contribution < 1.29 is 14.3 Å². The maximum Gasteiger partial charge on any atom is 0.309 e. The van der Waals surface area contributed by atoms with Gasteiger partial charge in [0.2, 0.25) is 0 Å². The summed E-state index contributed by atoms with van der Waals surface area (Å²) in [6, 6.07) is 11.6. The summed E-state index contributed by atoms with van der Waals surface area (Å²) in [4.78, 5) is 23.6. The summed E-state index contributed by atoms with van der Waals surface area (Å²) >= 11 is 0. The summed E-state index contributed by atoms with van der Waals surface area (Å²) in [7, 11) is 0. The van der Waals surface area contributed by atoms with Crippen LogP contribution >= 0.6 is 0 Å². The van der Waals surface area contributed by atoms with Gasteiger partial charge in [0.1, 0.15) is 5.82 Å². The topological polar surface area (TPSA) is 73.2 Å². The molecule has 0 spiro atoms. The van der Waals surface area contributed by atoms with E-state index in [-0.39, 0.29) is 24.4 Å². The SMILES string of the molecule is O=C(COC(=O)C1CC1)Nc1cc(C2CC2)nn1-c1ccccc1. The van der Waals surface area contributed by atoms with Gasteiger partial charge in [0, 0.05) is 12.0 Å². The number of carbonyl (C=O) groups is 2. The van der Waals surface area contributed by atoms with Gasteiger partial charge in [-0.15, -0.1) is 0 Å². The number of ether oxygens (including phenoxy) is 1. The van der Waals surface area contributed by atoms with Crippen LogP contribution in [0.5, 0.6) is 0 Å². The molecule has 1 amide bonds. The zero-order valence-corrected chi connectivity index (χ0v) is 13.3. The Hall–Kier alpha value is -2.63. The molecule has 0 aliphatic heterocycles. The maximum absolute atomic E-state index is 12.1. The highest BCUT2D eigenvalue weighted by Gasteiger charge is 2.32. The molecule has 6 heteroatoms. The molecule has 24 heavy (non-hydrogen) atoms. The van der Waals surface area contributed by atoms with Gasteiger partial charge in [-0.1, -0.05) is 18.2 Å². The molecule has 1 N–H and O–H groups in total. The van der Waals surface area contributed by atoms with Crippen LogP contribution in [0.25, 0.3) is 5.69 Å². The maximum atomic E-state index is 12.1. The minimum absolute atomic E-state index is 0.00545. The minimum Gasteiger partial charge on any atom is -0.455 e. The summed E-state index contributed by atoms with van der Waals surface area (Å²) in [5.74, 6) is 0.465. The lowest BCUT2D eigenvalue weighted by molar-refractivity contribution is -0.148. The standard InChI is InChI=1S/C18H19N3O3/c22-17(11-24-18(23)13-8-9-13)19-16-10-15(12-6-7-12)20-21(16)14-4-2-1-3-5-14/h1-5,10,12-13H,6-9,11H2,(H,19,22). The van der Waals surface area contributed by atoms with Gasteiger partial charge in [0.15, 0.2) is 6.61 Å². The molecule has 0 saturated heterocycles. The molecule has 2 fully saturated rings. The predicted octanol–water partition coefficient (Wildman–Crippen LogP) is 2.64. The lowest BCUT2D eigenvalue weighted by Crippen LogP contribution is -2.22. The van der Waals surface area contributed by atoms with Crippen LogP contribution < -0.4 is 5.32 Å². The number of esters is 1. The number of nitrogens with zero attached hydrogens (tertiary/aromatic N) is 2. The Balaban J connectivity index is 1.48. The number of hydrogen-bond acceptors (Lipinski definition) is 4. The molecule has 124 valence electrons. The monoisotopic (exact) mass is 325 g/mol. The van der Waals surface area contributed by atoms with Crippen LogP contribution in [0.2, 0.25) is 0 Å². The second-order valence-corrected chi connectivity index (χ2v) is 6.41. The normalized spacial score (nSPS) is 16.7. The van der Waals surface area contributed by atoms with Crippen molar-refractivity contribution in [3.8, 4) is 5.69 Å². The van der Waals surface area contributed by atoms with Gasteiger partial charge < -0.3 is 10.1 Å². The average Bonchev–Trinajstić information content (AvgIpc) is 3.51. The van der Waals surface area contributed by atoms with Gasteiger partial charge in [0.05, 0.1) is 17.3 Å². The number of nitrogens with one attached hydrogen (secondary N) is 1. The zero-order chi connectivity index (χ0) is 16.5. The van der Waals surface area contributed by atoms with E-state index in [4.69, 9.17) is 4.74 Å². The number of hydrogen-bond donors (Lipinski definition) is 1. The summed E-state index contributed by atoms with van der Waals surface area (Å²) in [6.07, 6.45) is 4.01. The van der Waals surface area contributed by atoms with E-state index in [1.165, 1.54) is 0 Å². The molecular formula is C18H19N3O3. The lowest BCUT2D eigenvalue weighted by Gasteiger charge is -2.09. The molecule has 1 heterocycles. The first-order chi connectivity index (χ1) is 11.7. The molecule has 4 rings (SSSR count).